The van der Waals surface area contributed by atoms with Gasteiger partial charge in [0.1, 0.15) is 34.3 Å². The Hall–Kier alpha value is -3.47. The van der Waals surface area contributed by atoms with Gasteiger partial charge in [-0.15, -0.1) is 0 Å². The van der Waals surface area contributed by atoms with Crippen molar-refractivity contribution in [2.75, 3.05) is 0 Å². The molecule has 0 amide bonds. The largest absolute Gasteiger partial charge is 1.00 e. The summed E-state index contributed by atoms with van der Waals surface area (Å²) in [6.45, 7) is 6.99. The number of carbonyl (C=O) groups is 4. The molecule has 0 saturated heterocycles. The van der Waals surface area contributed by atoms with Gasteiger partial charge in [-0.3, -0.25) is 19.2 Å². The minimum Gasteiger partial charge on any atom is -0.736 e. The molecule has 0 N–H and O–H groups in total. The summed E-state index contributed by atoms with van der Waals surface area (Å²) in [5.74, 6) is -3.29. The summed E-state index contributed by atoms with van der Waals surface area (Å²) in [4.78, 5) is 60.7. The Balaban J connectivity index is 0.00000616. The third kappa shape index (κ3) is 10.7. The van der Waals surface area contributed by atoms with E-state index in [0.29, 0.717) is 5.56 Å². The standard InChI is InChI=1S/C29H29O11P.Na/c1-17-11-18(2)13-25(12-17)40-41(34,35)39-23-8-6-7-22(14-23)9-10-26(33)29-27(37-20(4)31)15-24(36-19(3)30)16-28(29)38-21(5)32;/h6-8,11-16H,9-10H2,1-5H3,(H,34,35);/q;+1/p-1. The first-order chi connectivity index (χ1) is 19.2. The summed E-state index contributed by atoms with van der Waals surface area (Å²) in [7, 11) is -4.79. The molecule has 216 valence electrons. The molecule has 0 aliphatic heterocycles. The zero-order chi connectivity index (χ0) is 30.3. The van der Waals surface area contributed by atoms with Crippen molar-refractivity contribution in [3.05, 3.63) is 76.9 Å². The van der Waals surface area contributed by atoms with Gasteiger partial charge in [-0.1, -0.05) is 18.2 Å². The van der Waals surface area contributed by atoms with E-state index in [-0.39, 0.29) is 76.7 Å². The van der Waals surface area contributed by atoms with Crippen molar-refractivity contribution in [1.82, 2.24) is 0 Å². The number of carbonyl (C=O) groups excluding carboxylic acids is 4. The van der Waals surface area contributed by atoms with Crippen molar-refractivity contribution in [1.29, 1.82) is 0 Å². The van der Waals surface area contributed by atoms with Crippen molar-refractivity contribution in [2.45, 2.75) is 47.5 Å². The van der Waals surface area contributed by atoms with Crippen molar-refractivity contribution in [3.8, 4) is 28.7 Å². The summed E-state index contributed by atoms with van der Waals surface area (Å²) in [6, 6.07) is 13.4. The summed E-state index contributed by atoms with van der Waals surface area (Å²) < 4.78 is 38.1. The molecule has 0 saturated carbocycles. The van der Waals surface area contributed by atoms with Crippen LogP contribution in [0.1, 0.15) is 54.2 Å². The van der Waals surface area contributed by atoms with Crippen LogP contribution in [0.4, 0.5) is 0 Å². The third-order valence-electron chi connectivity index (χ3n) is 5.26. The first-order valence-electron chi connectivity index (χ1n) is 12.3. The molecule has 0 aliphatic carbocycles. The van der Waals surface area contributed by atoms with Crippen LogP contribution < -0.4 is 57.7 Å². The Labute approximate surface area is 265 Å². The van der Waals surface area contributed by atoms with E-state index in [1.54, 1.807) is 38.1 Å². The Morgan fingerprint density at radius 2 is 1.24 bits per heavy atom. The fourth-order valence-corrected chi connectivity index (χ4v) is 4.71. The first-order valence-corrected chi connectivity index (χ1v) is 13.8. The van der Waals surface area contributed by atoms with E-state index in [4.69, 9.17) is 23.3 Å². The van der Waals surface area contributed by atoms with Gasteiger partial charge in [0.2, 0.25) is 0 Å². The minimum atomic E-state index is -4.79. The third-order valence-corrected chi connectivity index (χ3v) is 6.12. The monoisotopic (exact) mass is 606 g/mol. The van der Waals surface area contributed by atoms with Crippen molar-refractivity contribution < 1.29 is 81.5 Å². The molecular weight excluding hydrogens is 578 g/mol. The predicted molar refractivity (Wildman–Crippen MR) is 144 cm³/mol. The molecule has 1 atom stereocenters. The average Bonchev–Trinajstić information content (AvgIpc) is 2.80. The van der Waals surface area contributed by atoms with Gasteiger partial charge in [-0.2, -0.15) is 0 Å². The number of esters is 3. The maximum atomic E-state index is 13.3. The molecule has 0 fully saturated rings. The molecule has 13 heteroatoms. The topological polar surface area (TPSA) is 155 Å². The number of aryl methyl sites for hydroxylation is 3. The second-order valence-electron chi connectivity index (χ2n) is 9.10. The molecule has 0 aromatic heterocycles. The molecule has 3 aromatic carbocycles. The van der Waals surface area contributed by atoms with E-state index >= 15 is 0 Å². The summed E-state index contributed by atoms with van der Waals surface area (Å²) in [5.41, 5.74) is 1.98. The summed E-state index contributed by atoms with van der Waals surface area (Å²) in [6.07, 6.45) is -0.0468. The van der Waals surface area contributed by atoms with Crippen LogP contribution >= 0.6 is 7.82 Å². The molecule has 0 aliphatic rings. The summed E-state index contributed by atoms with van der Waals surface area (Å²) >= 11 is 0. The van der Waals surface area contributed by atoms with Gasteiger partial charge in [-0.05, 0) is 61.2 Å². The van der Waals surface area contributed by atoms with Crippen LogP contribution in [0.3, 0.4) is 0 Å². The molecule has 0 spiro atoms. The molecule has 0 heterocycles. The number of hydrogen-bond acceptors (Lipinski definition) is 11. The van der Waals surface area contributed by atoms with Crippen LogP contribution in [0, 0.1) is 13.8 Å². The molecule has 11 nitrogen and oxygen atoms in total. The van der Waals surface area contributed by atoms with E-state index in [9.17, 15) is 28.6 Å². The average molecular weight is 606 g/mol. The Morgan fingerprint density at radius 1 is 0.714 bits per heavy atom. The van der Waals surface area contributed by atoms with Crippen LogP contribution in [-0.2, 0) is 25.4 Å². The Kier molecular flexibility index (Phi) is 12.5. The van der Waals surface area contributed by atoms with E-state index in [0.717, 1.165) is 31.9 Å². The number of hydrogen-bond donors (Lipinski definition) is 0. The minimum absolute atomic E-state index is 0. The smallest absolute Gasteiger partial charge is 0.736 e. The number of ketones is 1. The molecule has 1 unspecified atom stereocenters. The summed E-state index contributed by atoms with van der Waals surface area (Å²) in [5, 5.41) is 0. The van der Waals surface area contributed by atoms with Crippen LogP contribution in [0.25, 0.3) is 0 Å². The Bertz CT molecular complexity index is 1490. The van der Waals surface area contributed by atoms with Crippen LogP contribution in [-0.4, -0.2) is 23.7 Å². The van der Waals surface area contributed by atoms with E-state index in [1.807, 2.05) is 6.07 Å². The van der Waals surface area contributed by atoms with Gasteiger partial charge in [0.05, 0.1) is 0 Å². The quantitative estimate of drug-likeness (QED) is 0.103. The zero-order valence-corrected chi connectivity index (χ0v) is 26.9. The second-order valence-corrected chi connectivity index (χ2v) is 10.4. The van der Waals surface area contributed by atoms with Crippen LogP contribution in [0.5, 0.6) is 28.7 Å². The maximum Gasteiger partial charge on any atom is 1.00 e. The predicted octanol–water partition coefficient (Wildman–Crippen LogP) is 1.83. The van der Waals surface area contributed by atoms with Crippen LogP contribution in [0.15, 0.2) is 54.6 Å². The molecule has 3 aromatic rings. The first kappa shape index (κ1) is 34.7. The number of benzene rings is 3. The number of phosphoric acid groups is 1. The normalized spacial score (nSPS) is 11.8. The van der Waals surface area contributed by atoms with Crippen molar-refractivity contribution >= 4 is 31.5 Å². The van der Waals surface area contributed by atoms with E-state index in [2.05, 4.69) is 0 Å². The molecule has 42 heavy (non-hydrogen) atoms. The van der Waals surface area contributed by atoms with Gasteiger partial charge in [-0.25, -0.2) is 4.57 Å². The van der Waals surface area contributed by atoms with Gasteiger partial charge >= 0.3 is 55.3 Å². The van der Waals surface area contributed by atoms with Gasteiger partial charge in [0.25, 0.3) is 0 Å². The number of ether oxygens (including phenoxy) is 3. The zero-order valence-electron chi connectivity index (χ0n) is 24.0. The van der Waals surface area contributed by atoms with Crippen LogP contribution in [0.2, 0.25) is 0 Å². The second kappa shape index (κ2) is 15.1. The number of rotatable bonds is 11. The number of Topliss-reactive ketones (excluding diaryl/α,β-unsaturated/α-hetero) is 1. The fraction of sp³-hybridized carbons (Fsp3) is 0.241. The number of phosphoric ester groups is 1. The van der Waals surface area contributed by atoms with Gasteiger partial charge in [0.15, 0.2) is 5.78 Å². The van der Waals surface area contributed by atoms with Crippen molar-refractivity contribution in [2.24, 2.45) is 0 Å². The molecular formula is C29H28NaO11P. The Morgan fingerprint density at radius 3 is 1.76 bits per heavy atom. The fourth-order valence-electron chi connectivity index (χ4n) is 3.94. The molecule has 0 radical (unpaired) electrons. The van der Waals surface area contributed by atoms with Crippen molar-refractivity contribution in [3.63, 3.8) is 0 Å². The van der Waals surface area contributed by atoms with Gasteiger partial charge in [0, 0.05) is 39.3 Å². The maximum absolute atomic E-state index is 13.3. The van der Waals surface area contributed by atoms with E-state index < -0.39 is 31.5 Å². The SMILES string of the molecule is CC(=O)Oc1cc(OC(C)=O)c(C(=O)CCc2cccc(OP(=O)([O-])Oc3cc(C)cc(C)c3)c2)c(OC(C)=O)c1.[Na+]. The van der Waals surface area contributed by atoms with Gasteiger partial charge < -0.3 is 28.2 Å². The molecule has 0 bridgehead atoms. The van der Waals surface area contributed by atoms with E-state index in [1.165, 1.54) is 24.3 Å². The molecule has 3 rings (SSSR count).